The summed E-state index contributed by atoms with van der Waals surface area (Å²) in [7, 11) is 2.21. The number of hydrogen-bond acceptors (Lipinski definition) is 0. The van der Waals surface area contributed by atoms with Gasteiger partial charge in [-0.15, -0.1) is 0 Å². The summed E-state index contributed by atoms with van der Waals surface area (Å²) in [5, 5.41) is 8.18. The maximum atomic E-state index is 2.53. The Kier molecular flexibility index (Phi) is 2.51. The Morgan fingerprint density at radius 1 is 0.677 bits per heavy atom. The van der Waals surface area contributed by atoms with Gasteiger partial charge in [0.05, 0.1) is 29.0 Å². The van der Waals surface area contributed by atoms with Gasteiger partial charge in [0.2, 0.25) is 0 Å². The highest BCUT2D eigenvalue weighted by Gasteiger charge is 2.31. The van der Waals surface area contributed by atoms with Gasteiger partial charge in [0.15, 0.2) is 11.0 Å². The van der Waals surface area contributed by atoms with Gasteiger partial charge < -0.3 is 4.40 Å². The predicted molar refractivity (Wildman–Crippen MR) is 128 cm³/mol. The third-order valence-electron chi connectivity index (χ3n) is 7.59. The van der Waals surface area contributed by atoms with Crippen molar-refractivity contribution in [2.24, 2.45) is 7.05 Å². The third-order valence-corrected chi connectivity index (χ3v) is 7.59. The zero-order valence-corrected chi connectivity index (χ0v) is 17.7. The molecule has 0 unspecified atom stereocenters. The van der Waals surface area contributed by atoms with Crippen molar-refractivity contribution >= 4 is 59.9 Å². The summed E-state index contributed by atoms with van der Waals surface area (Å²) in [5.74, 6) is 1.24. The number of imidazole rings is 1. The van der Waals surface area contributed by atoms with E-state index in [-0.39, 0.29) is 0 Å². The molecule has 0 aliphatic carbocycles. The van der Waals surface area contributed by atoms with Gasteiger partial charge in [0.25, 0.3) is 5.82 Å². The summed E-state index contributed by atoms with van der Waals surface area (Å²) in [6.07, 6.45) is 0. The van der Waals surface area contributed by atoms with E-state index in [1.54, 1.807) is 0 Å². The molecule has 0 saturated heterocycles. The zero-order chi connectivity index (χ0) is 20.6. The minimum atomic E-state index is 1.24. The molecule has 0 saturated carbocycles. The molecule has 0 N–H and O–H groups in total. The van der Waals surface area contributed by atoms with Crippen molar-refractivity contribution in [3.05, 3.63) is 78.1 Å². The van der Waals surface area contributed by atoms with Crippen LogP contribution in [0.1, 0.15) is 11.4 Å². The van der Waals surface area contributed by atoms with E-state index < -0.39 is 0 Å². The van der Waals surface area contributed by atoms with Crippen LogP contribution in [0.3, 0.4) is 0 Å². The van der Waals surface area contributed by atoms with E-state index in [0.29, 0.717) is 0 Å². The first-order valence-corrected chi connectivity index (χ1v) is 10.9. The highest BCUT2D eigenvalue weighted by Crippen LogP contribution is 2.48. The quantitative estimate of drug-likeness (QED) is 0.290. The molecule has 0 bridgehead atoms. The average molecular weight is 398 g/mol. The number of para-hydroxylation sites is 3. The highest BCUT2D eigenvalue weighted by molar-refractivity contribution is 6.37. The standard InChI is InChI=1S/C28H20N3/c1-15-8-4-5-13-22(15)30-16(2)29(3)28-23(30)14-21-19-11-6-9-17-18-10-7-12-20-24(28)27(21)31(25(17)19)26(18)20/h4-14H,1-3H3/q+1. The minimum absolute atomic E-state index is 1.24. The van der Waals surface area contributed by atoms with E-state index in [9.17, 15) is 0 Å². The van der Waals surface area contributed by atoms with Gasteiger partial charge in [-0.05, 0) is 24.6 Å². The molecule has 31 heavy (non-hydrogen) atoms. The van der Waals surface area contributed by atoms with Crippen LogP contribution in [-0.4, -0.2) is 8.97 Å². The monoisotopic (exact) mass is 398 g/mol. The van der Waals surface area contributed by atoms with E-state index >= 15 is 0 Å². The van der Waals surface area contributed by atoms with Gasteiger partial charge in [-0.1, -0.05) is 54.6 Å². The van der Waals surface area contributed by atoms with E-state index in [4.69, 9.17) is 0 Å². The van der Waals surface area contributed by atoms with Crippen LogP contribution >= 0.6 is 0 Å². The molecule has 3 nitrogen and oxygen atoms in total. The first-order valence-electron chi connectivity index (χ1n) is 10.9. The van der Waals surface area contributed by atoms with Crippen molar-refractivity contribution in [1.82, 2.24) is 8.97 Å². The average Bonchev–Trinajstić information content (AvgIpc) is 3.48. The first kappa shape index (κ1) is 15.9. The van der Waals surface area contributed by atoms with E-state index in [0.717, 1.165) is 0 Å². The summed E-state index contributed by atoms with van der Waals surface area (Å²) < 4.78 is 7.34. The van der Waals surface area contributed by atoms with E-state index in [2.05, 4.69) is 101 Å². The Morgan fingerprint density at radius 2 is 1.32 bits per heavy atom. The molecular weight excluding hydrogens is 378 g/mol. The predicted octanol–water partition coefficient (Wildman–Crippen LogP) is 6.25. The molecule has 3 heteroatoms. The Bertz CT molecular complexity index is 1960. The van der Waals surface area contributed by atoms with Gasteiger partial charge in [-0.2, -0.15) is 4.57 Å². The molecule has 0 atom stereocenters. The molecule has 4 heterocycles. The Hall–Kier alpha value is -3.85. The molecule has 0 fully saturated rings. The first-order chi connectivity index (χ1) is 15.2. The van der Waals surface area contributed by atoms with Crippen LogP contribution < -0.4 is 4.57 Å². The van der Waals surface area contributed by atoms with Crippen LogP contribution in [0.15, 0.2) is 66.7 Å². The van der Waals surface area contributed by atoms with Crippen molar-refractivity contribution in [2.45, 2.75) is 13.8 Å². The topological polar surface area (TPSA) is 13.2 Å². The molecule has 0 aliphatic rings. The maximum absolute atomic E-state index is 2.53. The number of nitrogens with zero attached hydrogens (tertiary/aromatic N) is 3. The summed E-state index contributed by atoms with van der Waals surface area (Å²) in [5.41, 5.74) is 9.24. The molecule has 4 aromatic carbocycles. The maximum Gasteiger partial charge on any atom is 0.259 e. The van der Waals surface area contributed by atoms with Crippen molar-refractivity contribution in [1.29, 1.82) is 0 Å². The molecule has 4 aromatic heterocycles. The van der Waals surface area contributed by atoms with Crippen molar-refractivity contribution in [2.75, 3.05) is 0 Å². The van der Waals surface area contributed by atoms with Crippen molar-refractivity contribution in [3.8, 4) is 5.69 Å². The van der Waals surface area contributed by atoms with Gasteiger partial charge in [0, 0.05) is 33.9 Å². The number of hydrogen-bond donors (Lipinski definition) is 0. The molecule has 146 valence electrons. The fourth-order valence-corrected chi connectivity index (χ4v) is 6.21. The number of fused-ring (bicyclic) bond motifs is 5. The lowest BCUT2D eigenvalue weighted by Crippen LogP contribution is -2.31. The minimum Gasteiger partial charge on any atom is -0.307 e. The number of benzene rings is 4. The number of aryl methyl sites for hydroxylation is 2. The molecule has 0 aliphatic heterocycles. The molecule has 8 rings (SSSR count). The summed E-state index contributed by atoms with van der Waals surface area (Å²) in [4.78, 5) is 0. The third kappa shape index (κ3) is 1.55. The van der Waals surface area contributed by atoms with Crippen molar-refractivity contribution in [3.63, 3.8) is 0 Å². The van der Waals surface area contributed by atoms with Gasteiger partial charge >= 0.3 is 0 Å². The Balaban J connectivity index is 1.75. The fourth-order valence-electron chi connectivity index (χ4n) is 6.21. The van der Waals surface area contributed by atoms with Crippen LogP contribution in [-0.2, 0) is 7.05 Å². The Morgan fingerprint density at radius 3 is 2.06 bits per heavy atom. The second-order valence-electron chi connectivity index (χ2n) is 8.98. The molecular formula is C28H20N3+. The Labute approximate surface area is 178 Å². The van der Waals surface area contributed by atoms with Crippen LogP contribution in [0.4, 0.5) is 0 Å². The van der Waals surface area contributed by atoms with E-state index in [1.807, 2.05) is 0 Å². The highest BCUT2D eigenvalue weighted by atomic mass is 15.2. The SMILES string of the molecule is Cc1ccccc1-n1c(C)[n+](C)c2c3c4cccc5c6cccc7c(cc21)c3n(c67)c54. The van der Waals surface area contributed by atoms with Gasteiger partial charge in [-0.25, -0.2) is 4.57 Å². The zero-order valence-electron chi connectivity index (χ0n) is 17.7. The largest absolute Gasteiger partial charge is 0.307 e. The molecule has 0 radical (unpaired) electrons. The van der Waals surface area contributed by atoms with Crippen LogP contribution in [0.25, 0.3) is 65.6 Å². The normalized spacial score (nSPS) is 13.0. The van der Waals surface area contributed by atoms with Gasteiger partial charge in [0.1, 0.15) is 5.69 Å². The van der Waals surface area contributed by atoms with Crippen LogP contribution in [0.5, 0.6) is 0 Å². The second-order valence-corrected chi connectivity index (χ2v) is 8.98. The second kappa shape index (κ2) is 4.89. The smallest absolute Gasteiger partial charge is 0.259 e. The molecule has 0 spiro atoms. The molecule has 0 amide bonds. The molecule has 8 aromatic rings. The number of rotatable bonds is 1. The summed E-state index contributed by atoms with van der Waals surface area (Å²) in [6.45, 7) is 4.43. The fraction of sp³-hybridized carbons (Fsp3) is 0.107. The van der Waals surface area contributed by atoms with E-state index in [1.165, 1.54) is 77.0 Å². The van der Waals surface area contributed by atoms with Crippen LogP contribution in [0, 0.1) is 13.8 Å². The number of aromatic nitrogens is 3. The van der Waals surface area contributed by atoms with Gasteiger partial charge in [-0.3, -0.25) is 0 Å². The summed E-state index contributed by atoms with van der Waals surface area (Å²) >= 11 is 0. The lowest BCUT2D eigenvalue weighted by Gasteiger charge is -2.03. The van der Waals surface area contributed by atoms with Crippen LogP contribution in [0.2, 0.25) is 0 Å². The van der Waals surface area contributed by atoms with Crippen molar-refractivity contribution < 1.29 is 4.57 Å². The summed E-state index contributed by atoms with van der Waals surface area (Å²) in [6, 6.07) is 24.7. The lowest BCUT2D eigenvalue weighted by atomic mass is 10.1. The lowest BCUT2D eigenvalue weighted by molar-refractivity contribution is -0.651.